The van der Waals surface area contributed by atoms with E-state index in [4.69, 9.17) is 23.2 Å². The van der Waals surface area contributed by atoms with Crippen LogP contribution in [0, 0.1) is 6.92 Å². The molecule has 1 N–H and O–H groups in total. The quantitative estimate of drug-likeness (QED) is 0.775. The van der Waals surface area contributed by atoms with Gasteiger partial charge in [0, 0.05) is 6.54 Å². The number of H-pyrrole nitrogens is 1. The molecule has 2 aromatic heterocycles. The van der Waals surface area contributed by atoms with E-state index in [1.54, 1.807) is 12.1 Å². The Balaban J connectivity index is 2.20. The second kappa shape index (κ2) is 4.54. The molecule has 0 bridgehead atoms. The molecule has 19 heavy (non-hydrogen) atoms. The van der Waals surface area contributed by atoms with Crippen molar-refractivity contribution < 1.29 is 0 Å². The number of aromatic amines is 1. The molecule has 2 heterocycles. The molecule has 0 atom stereocenters. The molecule has 0 aliphatic rings. The predicted molar refractivity (Wildman–Crippen MR) is 77.7 cm³/mol. The van der Waals surface area contributed by atoms with Crippen molar-refractivity contribution in [1.29, 1.82) is 0 Å². The minimum atomic E-state index is 0.507. The lowest BCUT2D eigenvalue weighted by Gasteiger charge is -1.99. The predicted octanol–water partition coefficient (Wildman–Crippen LogP) is 4.06. The summed E-state index contributed by atoms with van der Waals surface area (Å²) < 4.78 is 1.91. The van der Waals surface area contributed by atoms with Crippen molar-refractivity contribution in [3.63, 3.8) is 0 Å². The third-order valence-corrected chi connectivity index (χ3v) is 3.69. The van der Waals surface area contributed by atoms with E-state index >= 15 is 0 Å². The van der Waals surface area contributed by atoms with Gasteiger partial charge in [-0.05, 0) is 32.0 Å². The highest BCUT2D eigenvalue weighted by atomic mass is 35.5. The number of fused-ring (bicyclic) bond motifs is 1. The normalized spacial score (nSPS) is 11.4. The number of hydrogen-bond acceptors (Lipinski definition) is 2. The van der Waals surface area contributed by atoms with Crippen LogP contribution >= 0.6 is 23.2 Å². The van der Waals surface area contributed by atoms with Crippen LogP contribution in [0.2, 0.25) is 10.0 Å². The second-order valence-electron chi connectivity index (χ2n) is 4.36. The van der Waals surface area contributed by atoms with Gasteiger partial charge in [-0.3, -0.25) is 4.68 Å². The van der Waals surface area contributed by atoms with E-state index in [-0.39, 0.29) is 0 Å². The van der Waals surface area contributed by atoms with Gasteiger partial charge in [-0.25, -0.2) is 4.98 Å². The van der Waals surface area contributed by atoms with Crippen molar-refractivity contribution in [2.75, 3.05) is 0 Å². The molecule has 0 fully saturated rings. The van der Waals surface area contributed by atoms with Crippen molar-refractivity contribution in [2.45, 2.75) is 20.4 Å². The van der Waals surface area contributed by atoms with Gasteiger partial charge in [-0.1, -0.05) is 23.2 Å². The summed E-state index contributed by atoms with van der Waals surface area (Å²) in [4.78, 5) is 7.80. The molecule has 4 nitrogen and oxygen atoms in total. The Morgan fingerprint density at radius 1 is 1.21 bits per heavy atom. The van der Waals surface area contributed by atoms with Gasteiger partial charge in [0.2, 0.25) is 0 Å². The fraction of sp³-hybridized carbons (Fsp3) is 0.231. The fourth-order valence-corrected chi connectivity index (χ4v) is 2.42. The standard InChI is InChI=1S/C13H12Cl2N4/c1-3-19-12(4-7(2)18-19)13-16-10-5-8(14)9(15)6-11(10)17-13/h4-6H,3H2,1-2H3,(H,16,17). The van der Waals surface area contributed by atoms with Crippen LogP contribution in [-0.2, 0) is 6.54 Å². The zero-order valence-corrected chi connectivity index (χ0v) is 12.0. The average Bonchev–Trinajstić information content (AvgIpc) is 2.93. The van der Waals surface area contributed by atoms with Crippen molar-refractivity contribution in [3.05, 3.63) is 33.9 Å². The lowest BCUT2D eigenvalue weighted by Crippen LogP contribution is -1.99. The molecule has 3 aromatic rings. The Morgan fingerprint density at radius 2 is 1.95 bits per heavy atom. The van der Waals surface area contributed by atoms with Crippen LogP contribution in [0.15, 0.2) is 18.2 Å². The van der Waals surface area contributed by atoms with Crippen LogP contribution in [0.3, 0.4) is 0 Å². The van der Waals surface area contributed by atoms with Gasteiger partial charge in [0.05, 0.1) is 26.8 Å². The first-order valence-corrected chi connectivity index (χ1v) is 6.73. The Bertz CT molecular complexity index is 718. The van der Waals surface area contributed by atoms with Gasteiger partial charge in [-0.2, -0.15) is 5.10 Å². The van der Waals surface area contributed by atoms with Crippen LogP contribution < -0.4 is 0 Å². The number of aromatic nitrogens is 4. The summed E-state index contributed by atoms with van der Waals surface area (Å²) in [6, 6.07) is 5.55. The zero-order valence-electron chi connectivity index (χ0n) is 10.5. The van der Waals surface area contributed by atoms with Crippen molar-refractivity contribution in [1.82, 2.24) is 19.7 Å². The molecule has 0 aliphatic carbocycles. The molecule has 3 rings (SSSR count). The van der Waals surface area contributed by atoms with Gasteiger partial charge >= 0.3 is 0 Å². The molecular formula is C13H12Cl2N4. The lowest BCUT2D eigenvalue weighted by atomic mass is 10.3. The summed E-state index contributed by atoms with van der Waals surface area (Å²) in [5.41, 5.74) is 3.59. The van der Waals surface area contributed by atoms with E-state index in [0.717, 1.165) is 34.8 Å². The number of rotatable bonds is 2. The van der Waals surface area contributed by atoms with Gasteiger partial charge in [0.25, 0.3) is 0 Å². The molecule has 0 saturated carbocycles. The van der Waals surface area contributed by atoms with Crippen LogP contribution in [0.25, 0.3) is 22.6 Å². The molecular weight excluding hydrogens is 283 g/mol. The molecule has 0 saturated heterocycles. The van der Waals surface area contributed by atoms with Crippen LogP contribution in [-0.4, -0.2) is 19.7 Å². The fourth-order valence-electron chi connectivity index (χ4n) is 2.10. The smallest absolute Gasteiger partial charge is 0.156 e. The van der Waals surface area contributed by atoms with Crippen molar-refractivity contribution >= 4 is 34.2 Å². The van der Waals surface area contributed by atoms with E-state index in [0.29, 0.717) is 10.0 Å². The summed E-state index contributed by atoms with van der Waals surface area (Å²) in [5.74, 6) is 0.774. The molecule has 0 unspecified atom stereocenters. The minimum absolute atomic E-state index is 0.507. The maximum Gasteiger partial charge on any atom is 0.156 e. The summed E-state index contributed by atoms with van der Waals surface area (Å²) in [6.07, 6.45) is 0. The number of halogens is 2. The topological polar surface area (TPSA) is 46.5 Å². The van der Waals surface area contributed by atoms with E-state index in [2.05, 4.69) is 15.1 Å². The second-order valence-corrected chi connectivity index (χ2v) is 5.17. The molecule has 1 aromatic carbocycles. The number of imidazole rings is 1. The first kappa shape index (κ1) is 12.5. The number of nitrogens with one attached hydrogen (secondary N) is 1. The SMILES string of the molecule is CCn1nc(C)cc1-c1nc2cc(Cl)c(Cl)cc2[nH]1. The lowest BCUT2D eigenvalue weighted by molar-refractivity contribution is 0.658. The third kappa shape index (κ3) is 2.11. The highest BCUT2D eigenvalue weighted by molar-refractivity contribution is 6.42. The Kier molecular flexibility index (Phi) is 2.99. The molecule has 0 radical (unpaired) electrons. The maximum atomic E-state index is 6.01. The van der Waals surface area contributed by atoms with Crippen LogP contribution in [0.5, 0.6) is 0 Å². The van der Waals surface area contributed by atoms with E-state index in [9.17, 15) is 0 Å². The van der Waals surface area contributed by atoms with Crippen molar-refractivity contribution in [3.8, 4) is 11.5 Å². The van der Waals surface area contributed by atoms with Crippen LogP contribution in [0.4, 0.5) is 0 Å². The summed E-state index contributed by atoms with van der Waals surface area (Å²) in [7, 11) is 0. The van der Waals surface area contributed by atoms with E-state index < -0.39 is 0 Å². The molecule has 6 heteroatoms. The third-order valence-electron chi connectivity index (χ3n) is 2.97. The molecule has 0 amide bonds. The highest BCUT2D eigenvalue weighted by Crippen LogP contribution is 2.28. The van der Waals surface area contributed by atoms with Gasteiger partial charge in [0.1, 0.15) is 5.69 Å². The molecule has 0 aliphatic heterocycles. The molecule has 98 valence electrons. The summed E-state index contributed by atoms with van der Waals surface area (Å²) >= 11 is 12.0. The Morgan fingerprint density at radius 3 is 2.68 bits per heavy atom. The van der Waals surface area contributed by atoms with E-state index in [1.807, 2.05) is 24.6 Å². The van der Waals surface area contributed by atoms with E-state index in [1.165, 1.54) is 0 Å². The first-order valence-electron chi connectivity index (χ1n) is 5.98. The summed E-state index contributed by atoms with van der Waals surface area (Å²) in [6.45, 7) is 4.81. The Hall–Kier alpha value is -1.52. The largest absolute Gasteiger partial charge is 0.337 e. The summed E-state index contributed by atoms with van der Waals surface area (Å²) in [5, 5.41) is 5.44. The Labute approximate surface area is 120 Å². The van der Waals surface area contributed by atoms with Gasteiger partial charge in [0.15, 0.2) is 5.82 Å². The number of hydrogen-bond donors (Lipinski definition) is 1. The number of benzene rings is 1. The molecule has 0 spiro atoms. The minimum Gasteiger partial charge on any atom is -0.337 e. The van der Waals surface area contributed by atoms with Crippen LogP contribution in [0.1, 0.15) is 12.6 Å². The maximum absolute atomic E-state index is 6.01. The zero-order chi connectivity index (χ0) is 13.6. The highest BCUT2D eigenvalue weighted by Gasteiger charge is 2.12. The average molecular weight is 295 g/mol. The first-order chi connectivity index (χ1) is 9.08. The van der Waals surface area contributed by atoms with Gasteiger partial charge in [-0.15, -0.1) is 0 Å². The number of nitrogens with zero attached hydrogens (tertiary/aromatic N) is 3. The van der Waals surface area contributed by atoms with Gasteiger partial charge < -0.3 is 4.98 Å². The van der Waals surface area contributed by atoms with Crippen molar-refractivity contribution in [2.24, 2.45) is 0 Å². The number of aryl methyl sites for hydroxylation is 2. The monoisotopic (exact) mass is 294 g/mol.